The van der Waals surface area contributed by atoms with E-state index in [1.54, 1.807) is 0 Å². The Morgan fingerprint density at radius 1 is 1.67 bits per heavy atom. The first-order chi connectivity index (χ1) is 5.65. The van der Waals surface area contributed by atoms with Gasteiger partial charge in [-0.1, -0.05) is 22.9 Å². The van der Waals surface area contributed by atoms with E-state index < -0.39 is 11.8 Å². The van der Waals surface area contributed by atoms with Crippen LogP contribution in [0.5, 0.6) is 0 Å². The van der Waals surface area contributed by atoms with Crippen molar-refractivity contribution in [3.05, 3.63) is 15.5 Å². The number of carbonyl (C=O) groups is 2. The van der Waals surface area contributed by atoms with Crippen molar-refractivity contribution < 1.29 is 14.3 Å². The number of halogens is 1. The number of hydrogen-bond donors (Lipinski definition) is 0. The molecule has 0 spiro atoms. The zero-order valence-electron chi connectivity index (χ0n) is 6.04. The van der Waals surface area contributed by atoms with Crippen molar-refractivity contribution in [3.63, 3.8) is 0 Å². The number of carbonyl (C=O) groups excluding carboxylic acids is 2. The molecule has 0 N–H and O–H groups in total. The van der Waals surface area contributed by atoms with Crippen LogP contribution in [0, 0.1) is 0 Å². The van der Waals surface area contributed by atoms with Crippen LogP contribution in [-0.2, 0) is 9.53 Å². The topological polar surface area (TPSA) is 56.3 Å². The SMILES string of the molecule is COC(=O)C(=O)c1cnc(Cl)s1. The van der Waals surface area contributed by atoms with Gasteiger partial charge in [-0.05, 0) is 0 Å². The Morgan fingerprint density at radius 2 is 2.33 bits per heavy atom. The fraction of sp³-hybridized carbons (Fsp3) is 0.167. The third kappa shape index (κ3) is 1.80. The third-order valence-electron chi connectivity index (χ3n) is 1.07. The molecule has 0 saturated carbocycles. The van der Waals surface area contributed by atoms with Crippen LogP contribution in [0.25, 0.3) is 0 Å². The molecule has 0 unspecified atom stereocenters. The lowest BCUT2D eigenvalue weighted by Crippen LogP contribution is -2.14. The number of esters is 1. The molecule has 0 aromatic carbocycles. The fourth-order valence-corrected chi connectivity index (χ4v) is 1.42. The lowest BCUT2D eigenvalue weighted by molar-refractivity contribution is -0.135. The molecule has 0 saturated heterocycles. The summed E-state index contributed by atoms with van der Waals surface area (Å²) in [5.74, 6) is -1.63. The van der Waals surface area contributed by atoms with E-state index in [0.29, 0.717) is 0 Å². The zero-order valence-corrected chi connectivity index (χ0v) is 7.61. The van der Waals surface area contributed by atoms with Gasteiger partial charge in [0, 0.05) is 0 Å². The number of Topliss-reactive ketones (excluding diaryl/α,β-unsaturated/α-hetero) is 1. The van der Waals surface area contributed by atoms with Gasteiger partial charge < -0.3 is 4.74 Å². The van der Waals surface area contributed by atoms with Gasteiger partial charge in [0.15, 0.2) is 4.47 Å². The summed E-state index contributed by atoms with van der Waals surface area (Å²) in [5.41, 5.74) is 0. The van der Waals surface area contributed by atoms with Gasteiger partial charge >= 0.3 is 5.97 Å². The lowest BCUT2D eigenvalue weighted by Gasteiger charge is -1.92. The van der Waals surface area contributed by atoms with E-state index in [0.717, 1.165) is 18.4 Å². The third-order valence-corrected chi connectivity index (χ3v) is 2.19. The highest BCUT2D eigenvalue weighted by Gasteiger charge is 2.18. The number of thiazole rings is 1. The molecule has 0 aliphatic rings. The van der Waals surface area contributed by atoms with Crippen molar-refractivity contribution in [1.29, 1.82) is 0 Å². The number of nitrogens with zero attached hydrogens (tertiary/aromatic N) is 1. The van der Waals surface area contributed by atoms with Crippen molar-refractivity contribution in [2.24, 2.45) is 0 Å². The quantitative estimate of drug-likeness (QED) is 0.413. The molecular formula is C6H4ClNO3S. The van der Waals surface area contributed by atoms with Crippen molar-refractivity contribution in [3.8, 4) is 0 Å². The molecule has 0 aliphatic heterocycles. The second-order valence-corrected chi connectivity index (χ2v) is 3.41. The Balaban J connectivity index is 2.85. The number of ketones is 1. The second kappa shape index (κ2) is 3.64. The number of aromatic nitrogens is 1. The molecule has 6 heteroatoms. The predicted octanol–water partition coefficient (Wildman–Crippen LogP) is 1.15. The first kappa shape index (κ1) is 9.15. The molecule has 1 heterocycles. The number of methoxy groups -OCH3 is 1. The summed E-state index contributed by atoms with van der Waals surface area (Å²) in [7, 11) is 1.14. The van der Waals surface area contributed by atoms with Crippen LogP contribution in [0.15, 0.2) is 6.20 Å². The fourth-order valence-electron chi connectivity index (χ4n) is 0.551. The lowest BCUT2D eigenvalue weighted by atomic mass is 10.3. The summed E-state index contributed by atoms with van der Waals surface area (Å²) in [5, 5.41) is 0. The van der Waals surface area contributed by atoms with Gasteiger partial charge in [-0.25, -0.2) is 9.78 Å². The summed E-state index contributed by atoms with van der Waals surface area (Å²) in [6.45, 7) is 0. The zero-order chi connectivity index (χ0) is 9.14. The van der Waals surface area contributed by atoms with Crippen LogP contribution in [0.4, 0.5) is 0 Å². The first-order valence-electron chi connectivity index (χ1n) is 2.89. The molecule has 64 valence electrons. The summed E-state index contributed by atoms with van der Waals surface area (Å²) >= 11 is 6.40. The van der Waals surface area contributed by atoms with Gasteiger partial charge in [0.05, 0.1) is 13.3 Å². The van der Waals surface area contributed by atoms with Crippen molar-refractivity contribution in [2.75, 3.05) is 7.11 Å². The van der Waals surface area contributed by atoms with Crippen LogP contribution < -0.4 is 0 Å². The van der Waals surface area contributed by atoms with Gasteiger partial charge in [0.1, 0.15) is 4.88 Å². The number of ether oxygens (including phenoxy) is 1. The standard InChI is InChI=1S/C6H4ClNO3S/c1-11-5(10)4(9)3-2-8-6(7)12-3/h2H,1H3. The summed E-state index contributed by atoms with van der Waals surface area (Å²) in [6, 6.07) is 0. The van der Waals surface area contributed by atoms with Crippen LogP contribution in [0.3, 0.4) is 0 Å². The van der Waals surface area contributed by atoms with Gasteiger partial charge in [0.2, 0.25) is 0 Å². The molecule has 0 bridgehead atoms. The van der Waals surface area contributed by atoms with Crippen molar-refractivity contribution >= 4 is 34.7 Å². The smallest absolute Gasteiger partial charge is 0.380 e. The van der Waals surface area contributed by atoms with Gasteiger partial charge in [-0.3, -0.25) is 4.79 Å². The summed E-state index contributed by atoms with van der Waals surface area (Å²) < 4.78 is 4.45. The van der Waals surface area contributed by atoms with Gasteiger partial charge in [-0.2, -0.15) is 0 Å². The van der Waals surface area contributed by atoms with Crippen LogP contribution in [-0.4, -0.2) is 23.8 Å². The van der Waals surface area contributed by atoms with Crippen molar-refractivity contribution in [1.82, 2.24) is 4.98 Å². The van der Waals surface area contributed by atoms with E-state index in [-0.39, 0.29) is 9.34 Å². The molecule has 0 aliphatic carbocycles. The van der Waals surface area contributed by atoms with Crippen LogP contribution in [0.2, 0.25) is 4.47 Å². The van der Waals surface area contributed by atoms with E-state index in [9.17, 15) is 9.59 Å². The maximum Gasteiger partial charge on any atom is 0.380 e. The minimum Gasteiger partial charge on any atom is -0.463 e. The Labute approximate surface area is 77.1 Å². The first-order valence-corrected chi connectivity index (χ1v) is 4.08. The number of rotatable bonds is 2. The molecule has 1 rings (SSSR count). The molecule has 0 atom stereocenters. The summed E-state index contributed by atoms with van der Waals surface area (Å²) in [6.07, 6.45) is 1.24. The Bertz CT molecular complexity index is 322. The van der Waals surface area contributed by atoms with E-state index in [2.05, 4.69) is 9.72 Å². The van der Waals surface area contributed by atoms with E-state index in [4.69, 9.17) is 11.6 Å². The summed E-state index contributed by atoms with van der Waals surface area (Å²) in [4.78, 5) is 25.5. The maximum absolute atomic E-state index is 11.0. The molecule has 0 amide bonds. The normalized spacial score (nSPS) is 9.50. The Hall–Kier alpha value is -0.940. The molecule has 1 aromatic heterocycles. The van der Waals surface area contributed by atoms with Gasteiger partial charge in [-0.15, -0.1) is 0 Å². The highest BCUT2D eigenvalue weighted by atomic mass is 35.5. The number of hydrogen-bond acceptors (Lipinski definition) is 5. The molecule has 0 radical (unpaired) electrons. The maximum atomic E-state index is 11.0. The predicted molar refractivity (Wildman–Crippen MR) is 43.5 cm³/mol. The van der Waals surface area contributed by atoms with Gasteiger partial charge in [0.25, 0.3) is 5.78 Å². The van der Waals surface area contributed by atoms with E-state index in [1.165, 1.54) is 6.20 Å². The molecular weight excluding hydrogens is 202 g/mol. The molecule has 0 fully saturated rings. The minimum atomic E-state index is -0.907. The molecule has 1 aromatic rings. The van der Waals surface area contributed by atoms with Crippen molar-refractivity contribution in [2.45, 2.75) is 0 Å². The monoisotopic (exact) mass is 205 g/mol. The van der Waals surface area contributed by atoms with Crippen LogP contribution >= 0.6 is 22.9 Å². The van der Waals surface area contributed by atoms with E-state index >= 15 is 0 Å². The highest BCUT2D eigenvalue weighted by molar-refractivity contribution is 7.18. The largest absolute Gasteiger partial charge is 0.463 e. The Morgan fingerprint density at radius 3 is 2.75 bits per heavy atom. The minimum absolute atomic E-state index is 0.187. The Kier molecular flexibility index (Phi) is 2.78. The average molecular weight is 206 g/mol. The average Bonchev–Trinajstić information content (AvgIpc) is 2.49. The van der Waals surface area contributed by atoms with E-state index in [1.807, 2.05) is 0 Å². The highest BCUT2D eigenvalue weighted by Crippen LogP contribution is 2.18. The molecule has 4 nitrogen and oxygen atoms in total. The second-order valence-electron chi connectivity index (χ2n) is 1.80. The van der Waals surface area contributed by atoms with Crippen LogP contribution in [0.1, 0.15) is 9.67 Å². The molecule has 12 heavy (non-hydrogen) atoms.